The summed E-state index contributed by atoms with van der Waals surface area (Å²) >= 11 is 7.52. The second-order valence-corrected chi connectivity index (χ2v) is 9.21. The first-order chi connectivity index (χ1) is 16.4. The molecule has 1 amide bonds. The van der Waals surface area contributed by atoms with Crippen molar-refractivity contribution in [3.63, 3.8) is 0 Å². The monoisotopic (exact) mass is 499 g/mol. The van der Waals surface area contributed by atoms with Gasteiger partial charge in [0.25, 0.3) is 0 Å². The summed E-state index contributed by atoms with van der Waals surface area (Å²) < 4.78 is 30.3. The van der Waals surface area contributed by atoms with Gasteiger partial charge >= 0.3 is 0 Å². The number of nitrogens with zero attached hydrogens (tertiary/aromatic N) is 5. The fourth-order valence-corrected chi connectivity index (χ4v) is 5.30. The minimum Gasteiger partial charge on any atom is -0.375 e. The number of nitrogens with one attached hydrogen (secondary N) is 1. The van der Waals surface area contributed by atoms with E-state index in [4.69, 9.17) is 22.6 Å². The molecular formula is C22H16ClF2N7OS. The molecule has 0 bridgehead atoms. The molecule has 5 rings (SSSR count). The lowest BCUT2D eigenvalue weighted by Gasteiger charge is -2.20. The smallest absolute Gasteiger partial charge is 0.225 e. The Morgan fingerprint density at radius 3 is 2.97 bits per heavy atom. The quantitative estimate of drug-likeness (QED) is 0.408. The molecule has 1 saturated heterocycles. The molecule has 0 aliphatic carbocycles. The molecule has 0 spiro atoms. The molecule has 1 unspecified atom stereocenters. The lowest BCUT2D eigenvalue weighted by Crippen LogP contribution is -2.33. The Hall–Kier alpha value is -3.62. The highest BCUT2D eigenvalue weighted by Gasteiger charge is 2.31. The average molecular weight is 500 g/mol. The second kappa shape index (κ2) is 8.62. The molecule has 3 N–H and O–H groups in total. The minimum absolute atomic E-state index is 0.0439. The molecule has 1 fully saturated rings. The number of nitriles is 1. The van der Waals surface area contributed by atoms with Crippen LogP contribution in [0.15, 0.2) is 24.5 Å². The van der Waals surface area contributed by atoms with Gasteiger partial charge in [0.2, 0.25) is 5.91 Å². The van der Waals surface area contributed by atoms with E-state index in [1.807, 2.05) is 11.0 Å². The number of nitrogens with two attached hydrogens (primary N) is 1. The van der Waals surface area contributed by atoms with Crippen LogP contribution in [0.2, 0.25) is 5.02 Å². The predicted octanol–water partition coefficient (Wildman–Crippen LogP) is 3.89. The second-order valence-electron chi connectivity index (χ2n) is 7.77. The lowest BCUT2D eigenvalue weighted by molar-refractivity contribution is -0.124. The van der Waals surface area contributed by atoms with Gasteiger partial charge in [0.05, 0.1) is 27.2 Å². The van der Waals surface area contributed by atoms with E-state index in [1.165, 1.54) is 18.5 Å². The molecule has 1 aliphatic heterocycles. The summed E-state index contributed by atoms with van der Waals surface area (Å²) in [5, 5.41) is 11.9. The van der Waals surface area contributed by atoms with Crippen molar-refractivity contribution in [3.05, 3.63) is 41.2 Å². The van der Waals surface area contributed by atoms with Crippen LogP contribution in [0.1, 0.15) is 6.42 Å². The first-order valence-corrected chi connectivity index (χ1v) is 11.5. The van der Waals surface area contributed by atoms with Gasteiger partial charge in [0.15, 0.2) is 10.9 Å². The van der Waals surface area contributed by atoms with Gasteiger partial charge in [-0.05, 0) is 24.6 Å². The fraction of sp³-hybridized carbons (Fsp3) is 0.227. The Balaban J connectivity index is 1.58. The zero-order valence-electron chi connectivity index (χ0n) is 17.5. The molecule has 0 saturated carbocycles. The Kier molecular flexibility index (Phi) is 5.63. The molecule has 8 nitrogen and oxygen atoms in total. The largest absolute Gasteiger partial charge is 0.375 e. The number of rotatable bonds is 4. The Bertz CT molecular complexity index is 1500. The Labute approximate surface area is 201 Å². The van der Waals surface area contributed by atoms with Crippen molar-refractivity contribution in [1.29, 1.82) is 5.26 Å². The number of thiazole rings is 1. The summed E-state index contributed by atoms with van der Waals surface area (Å²) in [6.07, 6.45) is 1.82. The molecule has 4 aromatic rings. The van der Waals surface area contributed by atoms with Crippen LogP contribution in [0.5, 0.6) is 0 Å². The van der Waals surface area contributed by atoms with E-state index in [2.05, 4.69) is 20.3 Å². The maximum atomic E-state index is 15.8. The van der Waals surface area contributed by atoms with Crippen LogP contribution in [-0.4, -0.2) is 40.5 Å². The van der Waals surface area contributed by atoms with Gasteiger partial charge in [-0.1, -0.05) is 22.9 Å². The first kappa shape index (κ1) is 22.2. The van der Waals surface area contributed by atoms with Crippen molar-refractivity contribution < 1.29 is 13.6 Å². The number of nitrogen functional groups attached to an aromatic ring is 1. The van der Waals surface area contributed by atoms with Gasteiger partial charge in [-0.2, -0.15) is 5.26 Å². The predicted molar refractivity (Wildman–Crippen MR) is 126 cm³/mol. The SMILES string of the molecule is N#CCNC(=O)C1CCN(c2ncnc3c(F)c(-c4ccc(F)c5sc(N)nc45)c(Cl)cc23)C1. The van der Waals surface area contributed by atoms with E-state index in [0.29, 0.717) is 36.3 Å². The summed E-state index contributed by atoms with van der Waals surface area (Å²) in [6, 6.07) is 6.09. The van der Waals surface area contributed by atoms with Crippen molar-refractivity contribution in [2.75, 3.05) is 30.3 Å². The maximum Gasteiger partial charge on any atom is 0.225 e. The molecule has 1 aliphatic rings. The molecule has 3 heterocycles. The van der Waals surface area contributed by atoms with E-state index in [-0.39, 0.29) is 49.8 Å². The van der Waals surface area contributed by atoms with Crippen LogP contribution in [0.3, 0.4) is 0 Å². The number of hydrogen-bond donors (Lipinski definition) is 2. The third-order valence-corrected chi connectivity index (χ3v) is 6.97. The highest BCUT2D eigenvalue weighted by Crippen LogP contribution is 2.42. The molecule has 12 heteroatoms. The highest BCUT2D eigenvalue weighted by molar-refractivity contribution is 7.22. The van der Waals surface area contributed by atoms with E-state index in [0.717, 1.165) is 11.3 Å². The normalized spacial score (nSPS) is 15.7. The summed E-state index contributed by atoms with van der Waals surface area (Å²) in [6.45, 7) is 0.826. The van der Waals surface area contributed by atoms with E-state index < -0.39 is 11.6 Å². The van der Waals surface area contributed by atoms with Gasteiger partial charge in [-0.3, -0.25) is 4.79 Å². The Morgan fingerprint density at radius 1 is 1.35 bits per heavy atom. The average Bonchev–Trinajstić information content (AvgIpc) is 3.46. The third kappa shape index (κ3) is 3.65. The molecular weight excluding hydrogens is 484 g/mol. The van der Waals surface area contributed by atoms with Gasteiger partial charge in [0.1, 0.15) is 30.0 Å². The van der Waals surface area contributed by atoms with Crippen LogP contribution in [0.25, 0.3) is 32.2 Å². The van der Waals surface area contributed by atoms with Gasteiger partial charge in [0, 0.05) is 29.6 Å². The topological polar surface area (TPSA) is 121 Å². The molecule has 172 valence electrons. The van der Waals surface area contributed by atoms with Crippen LogP contribution < -0.4 is 16.0 Å². The molecule has 34 heavy (non-hydrogen) atoms. The van der Waals surface area contributed by atoms with Crippen molar-refractivity contribution in [2.24, 2.45) is 5.92 Å². The zero-order chi connectivity index (χ0) is 24.0. The van der Waals surface area contributed by atoms with Crippen molar-refractivity contribution in [2.45, 2.75) is 6.42 Å². The van der Waals surface area contributed by atoms with Gasteiger partial charge in [-0.15, -0.1) is 0 Å². The molecule has 2 aromatic heterocycles. The molecule has 0 radical (unpaired) electrons. The fourth-order valence-electron chi connectivity index (χ4n) is 4.25. The number of benzene rings is 2. The zero-order valence-corrected chi connectivity index (χ0v) is 19.1. The van der Waals surface area contributed by atoms with Gasteiger partial charge in [-0.25, -0.2) is 23.7 Å². The number of hydrogen-bond acceptors (Lipinski definition) is 8. The number of fused-ring (bicyclic) bond motifs is 2. The highest BCUT2D eigenvalue weighted by atomic mass is 35.5. The summed E-state index contributed by atoms with van der Waals surface area (Å²) in [4.78, 5) is 26.7. The van der Waals surface area contributed by atoms with E-state index >= 15 is 4.39 Å². The number of aromatic nitrogens is 3. The summed E-state index contributed by atoms with van der Waals surface area (Å²) in [5.41, 5.74) is 6.39. The maximum absolute atomic E-state index is 15.8. The van der Waals surface area contributed by atoms with Crippen LogP contribution >= 0.6 is 22.9 Å². The van der Waals surface area contributed by atoms with Crippen LogP contribution in [-0.2, 0) is 4.79 Å². The van der Waals surface area contributed by atoms with E-state index in [1.54, 1.807) is 6.07 Å². The molecule has 1 atom stereocenters. The van der Waals surface area contributed by atoms with Crippen molar-refractivity contribution in [3.8, 4) is 17.2 Å². The third-order valence-electron chi connectivity index (χ3n) is 5.78. The number of halogens is 3. The van der Waals surface area contributed by atoms with Crippen LogP contribution in [0, 0.1) is 28.9 Å². The minimum atomic E-state index is -0.687. The number of amides is 1. The number of anilines is 2. The number of carbonyl (C=O) groups is 1. The van der Waals surface area contributed by atoms with E-state index in [9.17, 15) is 9.18 Å². The standard InChI is InChI=1S/C22H16ClF2N7OS/c23-13-7-12-17(16(25)15(13)11-1-2-14(24)19-18(11)31-22(27)34-19)29-9-30-20(12)32-6-3-10(8-32)21(33)28-5-4-26/h1-2,7,9-10H,3,5-6,8H2,(H2,27,31)(H,28,33). The van der Waals surface area contributed by atoms with Crippen LogP contribution in [0.4, 0.5) is 19.7 Å². The van der Waals surface area contributed by atoms with Gasteiger partial charge < -0.3 is 16.0 Å². The van der Waals surface area contributed by atoms with Crippen molar-refractivity contribution in [1.82, 2.24) is 20.3 Å². The summed E-state index contributed by atoms with van der Waals surface area (Å²) in [7, 11) is 0. The van der Waals surface area contributed by atoms with Crippen molar-refractivity contribution >= 4 is 60.9 Å². The number of carbonyl (C=O) groups excluding carboxylic acids is 1. The Morgan fingerprint density at radius 2 is 2.18 bits per heavy atom. The summed E-state index contributed by atoms with van der Waals surface area (Å²) in [5.74, 6) is -1.27. The first-order valence-electron chi connectivity index (χ1n) is 10.3. The lowest BCUT2D eigenvalue weighted by atomic mass is 10.0. The molecule has 2 aromatic carbocycles.